The van der Waals surface area contributed by atoms with Gasteiger partial charge in [0.1, 0.15) is 45.7 Å². The fourth-order valence-electron chi connectivity index (χ4n) is 5.47. The van der Waals surface area contributed by atoms with Crippen LogP contribution in [0.25, 0.3) is 0 Å². The Hall–Kier alpha value is -4.08. The molecule has 0 spiro atoms. The van der Waals surface area contributed by atoms with Gasteiger partial charge in [-0.05, 0) is 89.1 Å². The van der Waals surface area contributed by atoms with Crippen LogP contribution in [0.15, 0.2) is 71.2 Å². The van der Waals surface area contributed by atoms with Gasteiger partial charge in [0.2, 0.25) is 0 Å². The maximum absolute atomic E-state index is 11.9. The van der Waals surface area contributed by atoms with Gasteiger partial charge in [-0.2, -0.15) is 0 Å². The van der Waals surface area contributed by atoms with Crippen LogP contribution in [0.5, 0.6) is 23.0 Å². The average Bonchev–Trinajstić information content (AvgIpc) is 3.11. The Bertz CT molecular complexity index is 1340. The number of hydrogen-bond acceptors (Lipinski definition) is 10. The minimum atomic E-state index is -0.866. The maximum Gasteiger partial charge on any atom is 0.350 e. The molecule has 2 aromatic rings. The number of benzene rings is 2. The maximum atomic E-state index is 11.9. The minimum absolute atomic E-state index is 0. The second kappa shape index (κ2) is 31.2. The summed E-state index contributed by atoms with van der Waals surface area (Å²) in [6, 6.07) is 13.3. The molecule has 0 atom stereocenters. The van der Waals surface area contributed by atoms with E-state index in [4.69, 9.17) is 18.9 Å². The van der Waals surface area contributed by atoms with Crippen LogP contribution in [0, 0.1) is 0 Å². The topological polar surface area (TPSA) is 146 Å². The molecule has 0 bridgehead atoms. The largest absolute Gasteiger partial charge is 0.512 e. The fraction of sp³-hybridized carbons (Fsp3) is 0.545. The van der Waals surface area contributed by atoms with Gasteiger partial charge in [-0.1, -0.05) is 104 Å². The van der Waals surface area contributed by atoms with Crippen molar-refractivity contribution in [2.45, 2.75) is 144 Å². The first-order valence-corrected chi connectivity index (χ1v) is 19.6. The summed E-state index contributed by atoms with van der Waals surface area (Å²) in [6.45, 7) is 10.7. The number of aliphatic hydroxyl groups excluding tert-OH is 2. The monoisotopic (exact) mass is 815 g/mol. The third kappa shape index (κ3) is 23.4. The summed E-state index contributed by atoms with van der Waals surface area (Å²) < 4.78 is 21.6. The molecule has 311 valence electrons. The number of ketones is 2. The van der Waals surface area contributed by atoms with Crippen LogP contribution < -0.4 is 18.9 Å². The van der Waals surface area contributed by atoms with Crippen LogP contribution in [0.4, 0.5) is 0 Å². The number of Topliss-reactive ketones (excluding diaryl/α,β-unsaturated/α-hetero) is 2. The normalized spacial score (nSPS) is 11.5. The van der Waals surface area contributed by atoms with E-state index >= 15 is 0 Å². The van der Waals surface area contributed by atoms with Gasteiger partial charge in [0, 0.05) is 17.1 Å². The summed E-state index contributed by atoms with van der Waals surface area (Å²) >= 11 is 0. The first-order chi connectivity index (χ1) is 25.9. The van der Waals surface area contributed by atoms with Crippen LogP contribution in [0.1, 0.15) is 144 Å². The Morgan fingerprint density at radius 3 is 0.945 bits per heavy atom. The number of ether oxygens (including phenoxy) is 4. The standard InChI is InChI=1S/2C22H32O5.Cu/c2*1-4-5-6-7-8-9-10-11-16-26-19-12-14-20(15-13-19)27-22(25)21(17(2)23)18(3)24;/h2*12-15,23H,4-11,16H2,1-3H3;/b21-17+;21-17-;. The molecule has 2 N–H and O–H groups in total. The van der Waals surface area contributed by atoms with Gasteiger partial charge in [0.05, 0.1) is 13.2 Å². The molecular weight excluding hydrogens is 752 g/mol. The molecule has 0 saturated carbocycles. The minimum Gasteiger partial charge on any atom is -0.512 e. The number of allylic oxidation sites excluding steroid dienone is 2. The van der Waals surface area contributed by atoms with Gasteiger partial charge < -0.3 is 29.2 Å². The number of rotatable bonds is 26. The Labute approximate surface area is 339 Å². The molecule has 10 nitrogen and oxygen atoms in total. The van der Waals surface area contributed by atoms with E-state index in [9.17, 15) is 29.4 Å². The van der Waals surface area contributed by atoms with Crippen LogP contribution in [-0.2, 0) is 36.2 Å². The van der Waals surface area contributed by atoms with E-state index < -0.39 is 23.5 Å². The Morgan fingerprint density at radius 1 is 0.436 bits per heavy atom. The first kappa shape index (κ1) is 50.9. The van der Waals surface area contributed by atoms with E-state index in [-0.39, 0.29) is 39.7 Å². The van der Waals surface area contributed by atoms with Crippen molar-refractivity contribution in [2.75, 3.05) is 13.2 Å². The van der Waals surface area contributed by atoms with Crippen LogP contribution in [0.3, 0.4) is 0 Å². The van der Waals surface area contributed by atoms with E-state index in [1.807, 2.05) is 0 Å². The molecule has 1 radical (unpaired) electrons. The summed E-state index contributed by atoms with van der Waals surface area (Å²) in [5, 5.41) is 18.9. The molecule has 0 aromatic heterocycles. The molecule has 0 amide bonds. The van der Waals surface area contributed by atoms with E-state index in [1.165, 1.54) is 118 Å². The quantitative estimate of drug-likeness (QED) is 0.0137. The number of carbonyl (C=O) groups is 4. The number of hydrogen-bond donors (Lipinski definition) is 2. The van der Waals surface area contributed by atoms with Crippen molar-refractivity contribution in [3.05, 3.63) is 71.2 Å². The number of aliphatic hydroxyl groups is 2. The molecule has 11 heteroatoms. The number of esters is 2. The van der Waals surface area contributed by atoms with Crippen molar-refractivity contribution < 1.29 is 65.4 Å². The average molecular weight is 817 g/mol. The molecule has 0 unspecified atom stereocenters. The van der Waals surface area contributed by atoms with E-state index in [0.717, 1.165) is 12.8 Å². The van der Waals surface area contributed by atoms with Crippen molar-refractivity contribution in [1.29, 1.82) is 0 Å². The van der Waals surface area contributed by atoms with E-state index in [0.29, 0.717) is 36.2 Å². The molecule has 0 aliphatic rings. The van der Waals surface area contributed by atoms with Crippen LogP contribution in [0.2, 0.25) is 0 Å². The van der Waals surface area contributed by atoms with Gasteiger partial charge in [-0.15, -0.1) is 0 Å². The summed E-state index contributed by atoms with van der Waals surface area (Å²) in [4.78, 5) is 46.7. The molecule has 0 saturated heterocycles. The van der Waals surface area contributed by atoms with Crippen LogP contribution >= 0.6 is 0 Å². The second-order valence-electron chi connectivity index (χ2n) is 13.4. The Morgan fingerprint density at radius 2 is 0.691 bits per heavy atom. The van der Waals surface area contributed by atoms with E-state index in [2.05, 4.69) is 13.8 Å². The zero-order chi connectivity index (χ0) is 40.1. The van der Waals surface area contributed by atoms with Gasteiger partial charge in [0.15, 0.2) is 11.6 Å². The third-order valence-electron chi connectivity index (χ3n) is 8.44. The van der Waals surface area contributed by atoms with Crippen molar-refractivity contribution >= 4 is 23.5 Å². The molecule has 0 aliphatic heterocycles. The molecule has 0 aliphatic carbocycles. The van der Waals surface area contributed by atoms with Gasteiger partial charge >= 0.3 is 11.9 Å². The molecule has 0 heterocycles. The van der Waals surface area contributed by atoms with Crippen molar-refractivity contribution in [1.82, 2.24) is 0 Å². The molecule has 55 heavy (non-hydrogen) atoms. The molecule has 2 aromatic carbocycles. The predicted octanol–water partition coefficient (Wildman–Crippen LogP) is 11.1. The van der Waals surface area contributed by atoms with Gasteiger partial charge in [0.25, 0.3) is 0 Å². The molecule has 2 rings (SSSR count). The first-order valence-electron chi connectivity index (χ1n) is 19.6. The number of carbonyl (C=O) groups excluding carboxylic acids is 4. The number of unbranched alkanes of at least 4 members (excludes halogenated alkanes) is 14. The predicted molar refractivity (Wildman–Crippen MR) is 212 cm³/mol. The SMILES string of the molecule is CCCCCCCCCCOc1ccc(OC(=O)/C(C(C)=O)=C(/C)O)cc1.CCCCCCCCCCOc1ccc(OC(=O)/C(C(C)=O)=C(\C)O)cc1.[Cu]. The fourth-order valence-corrected chi connectivity index (χ4v) is 5.47. The van der Waals surface area contributed by atoms with Crippen LogP contribution in [-0.4, -0.2) is 46.9 Å². The smallest absolute Gasteiger partial charge is 0.350 e. The zero-order valence-electron chi connectivity index (χ0n) is 33.8. The molecular formula is C44H64CuO10. The molecule has 0 fully saturated rings. The van der Waals surface area contributed by atoms with Gasteiger partial charge in [-0.25, -0.2) is 9.59 Å². The van der Waals surface area contributed by atoms with Crippen molar-refractivity contribution in [3.63, 3.8) is 0 Å². The zero-order valence-corrected chi connectivity index (χ0v) is 34.8. The summed E-state index contributed by atoms with van der Waals surface area (Å²) in [6.07, 6.45) is 20.0. The van der Waals surface area contributed by atoms with Gasteiger partial charge in [-0.3, -0.25) is 9.59 Å². The van der Waals surface area contributed by atoms with Crippen molar-refractivity contribution in [2.24, 2.45) is 0 Å². The Balaban J connectivity index is 0.00000104. The summed E-state index contributed by atoms with van der Waals surface area (Å²) in [5.74, 6) is -1.51. The summed E-state index contributed by atoms with van der Waals surface area (Å²) in [5.41, 5.74) is -0.685. The second-order valence-corrected chi connectivity index (χ2v) is 13.4. The van der Waals surface area contributed by atoms with E-state index in [1.54, 1.807) is 48.5 Å². The van der Waals surface area contributed by atoms with Crippen molar-refractivity contribution in [3.8, 4) is 23.0 Å². The summed E-state index contributed by atoms with van der Waals surface area (Å²) in [7, 11) is 0. The third-order valence-corrected chi connectivity index (χ3v) is 8.44. The Kier molecular flexibility index (Phi) is 28.8.